The van der Waals surface area contributed by atoms with Crippen molar-refractivity contribution in [3.63, 3.8) is 0 Å². The van der Waals surface area contributed by atoms with Crippen LogP contribution in [0.15, 0.2) is 48.5 Å². The summed E-state index contributed by atoms with van der Waals surface area (Å²) in [6.07, 6.45) is 1.55. The van der Waals surface area contributed by atoms with E-state index < -0.39 is 28.5 Å². The van der Waals surface area contributed by atoms with Crippen LogP contribution in [0.5, 0.6) is 11.5 Å². The van der Waals surface area contributed by atoms with Crippen LogP contribution < -0.4 is 19.1 Å². The molecule has 0 fully saturated rings. The lowest BCUT2D eigenvalue weighted by molar-refractivity contribution is -0.138. The van der Waals surface area contributed by atoms with Gasteiger partial charge in [0.1, 0.15) is 12.6 Å². The number of anilines is 1. The Morgan fingerprint density at radius 2 is 1.78 bits per heavy atom. The first-order valence-electron chi connectivity index (χ1n) is 10.1. The van der Waals surface area contributed by atoms with E-state index in [4.69, 9.17) is 9.47 Å². The highest BCUT2D eigenvalue weighted by molar-refractivity contribution is 7.92. The minimum absolute atomic E-state index is 0.0491. The summed E-state index contributed by atoms with van der Waals surface area (Å²) in [6.45, 7) is 1.48. The number of hydrogen-bond donors (Lipinski definition) is 1. The molecule has 0 bridgehead atoms. The maximum Gasteiger partial charge on any atom is 0.244 e. The molecule has 0 saturated heterocycles. The Morgan fingerprint density at radius 1 is 1.09 bits per heavy atom. The Morgan fingerprint density at radius 3 is 2.44 bits per heavy atom. The lowest BCUT2D eigenvalue weighted by Crippen LogP contribution is -2.51. The summed E-state index contributed by atoms with van der Waals surface area (Å²) in [5, 5.41) is 2.55. The van der Waals surface area contributed by atoms with Crippen molar-refractivity contribution < 1.29 is 27.5 Å². The first-order valence-corrected chi connectivity index (χ1v) is 12.0. The standard InChI is InChI=1S/C22H27N3O6S/c1-16(22(27)23-2)24(12-11-17-7-5-4-6-8-17)21(26)14-25(32(3,28)29)18-9-10-19-20(13-18)31-15-30-19/h4-10,13,16H,11-12,14-15H2,1-3H3,(H,23,27)/t16-/m0/s1. The van der Waals surface area contributed by atoms with Crippen LogP contribution in [-0.4, -0.2) is 64.4 Å². The number of amides is 2. The highest BCUT2D eigenvalue weighted by Gasteiger charge is 2.30. The number of rotatable bonds is 9. The van der Waals surface area contributed by atoms with Gasteiger partial charge in [-0.25, -0.2) is 8.42 Å². The van der Waals surface area contributed by atoms with E-state index in [1.165, 1.54) is 18.0 Å². The molecule has 0 aromatic heterocycles. The predicted octanol–water partition coefficient (Wildman–Crippen LogP) is 1.39. The molecule has 172 valence electrons. The largest absolute Gasteiger partial charge is 0.454 e. The zero-order valence-corrected chi connectivity index (χ0v) is 19.1. The number of likely N-dealkylation sites (N-methyl/N-ethyl adjacent to an activating group) is 1. The lowest BCUT2D eigenvalue weighted by atomic mass is 10.1. The van der Waals surface area contributed by atoms with Gasteiger partial charge in [-0.1, -0.05) is 30.3 Å². The summed E-state index contributed by atoms with van der Waals surface area (Å²) in [6, 6.07) is 13.5. The van der Waals surface area contributed by atoms with E-state index in [1.54, 1.807) is 19.1 Å². The molecule has 1 N–H and O–H groups in total. The maximum absolute atomic E-state index is 13.3. The van der Waals surface area contributed by atoms with Crippen LogP contribution in [0.4, 0.5) is 5.69 Å². The van der Waals surface area contributed by atoms with E-state index in [1.807, 2.05) is 30.3 Å². The van der Waals surface area contributed by atoms with Crippen LogP contribution in [0.1, 0.15) is 12.5 Å². The molecule has 1 heterocycles. The second kappa shape index (κ2) is 9.90. The van der Waals surface area contributed by atoms with Crippen LogP contribution in [-0.2, 0) is 26.0 Å². The predicted molar refractivity (Wildman–Crippen MR) is 120 cm³/mol. The summed E-state index contributed by atoms with van der Waals surface area (Å²) in [5.74, 6) is 0.0926. The monoisotopic (exact) mass is 461 g/mol. The minimum atomic E-state index is -3.79. The highest BCUT2D eigenvalue weighted by atomic mass is 32.2. The third-order valence-electron chi connectivity index (χ3n) is 5.22. The Bertz CT molecular complexity index is 1070. The molecule has 3 rings (SSSR count). The number of nitrogens with zero attached hydrogens (tertiary/aromatic N) is 2. The number of sulfonamides is 1. The molecule has 9 nitrogen and oxygen atoms in total. The molecule has 0 saturated carbocycles. The number of carbonyl (C=O) groups is 2. The maximum atomic E-state index is 13.3. The molecule has 0 radical (unpaired) electrons. The number of hydrogen-bond acceptors (Lipinski definition) is 6. The summed E-state index contributed by atoms with van der Waals surface area (Å²) < 4.78 is 36.7. The number of benzene rings is 2. The molecule has 2 aromatic carbocycles. The molecule has 10 heteroatoms. The third kappa shape index (κ3) is 5.50. The zero-order valence-electron chi connectivity index (χ0n) is 18.3. The fourth-order valence-electron chi connectivity index (χ4n) is 3.43. The van der Waals surface area contributed by atoms with E-state index >= 15 is 0 Å². The molecule has 32 heavy (non-hydrogen) atoms. The van der Waals surface area contributed by atoms with Crippen LogP contribution in [0.25, 0.3) is 0 Å². The average molecular weight is 462 g/mol. The third-order valence-corrected chi connectivity index (χ3v) is 6.36. The number of carbonyl (C=O) groups excluding carboxylic acids is 2. The zero-order chi connectivity index (χ0) is 23.3. The summed E-state index contributed by atoms with van der Waals surface area (Å²) in [7, 11) is -2.30. The number of ether oxygens (including phenoxy) is 2. The number of fused-ring (bicyclic) bond motifs is 1. The van der Waals surface area contributed by atoms with Gasteiger partial charge >= 0.3 is 0 Å². The van der Waals surface area contributed by atoms with Gasteiger partial charge in [0.15, 0.2) is 11.5 Å². The minimum Gasteiger partial charge on any atom is -0.454 e. The van der Waals surface area contributed by atoms with Gasteiger partial charge in [-0.15, -0.1) is 0 Å². The van der Waals surface area contributed by atoms with Gasteiger partial charge in [-0.2, -0.15) is 0 Å². The Labute approximate surface area is 188 Å². The lowest BCUT2D eigenvalue weighted by Gasteiger charge is -2.31. The van der Waals surface area contributed by atoms with Crippen molar-refractivity contribution in [2.75, 3.05) is 37.5 Å². The Balaban J connectivity index is 1.84. The molecule has 0 spiro atoms. The van der Waals surface area contributed by atoms with E-state index in [0.29, 0.717) is 17.9 Å². The SMILES string of the molecule is CNC(=O)[C@H](C)N(CCc1ccccc1)C(=O)CN(c1ccc2c(c1)OCO2)S(C)(=O)=O. The second-order valence-electron chi connectivity index (χ2n) is 7.42. The molecule has 2 amide bonds. The van der Waals surface area contributed by atoms with Crippen molar-refractivity contribution in [1.29, 1.82) is 0 Å². The van der Waals surface area contributed by atoms with Gasteiger partial charge < -0.3 is 19.7 Å². The van der Waals surface area contributed by atoms with E-state index in [0.717, 1.165) is 16.1 Å². The summed E-state index contributed by atoms with van der Waals surface area (Å²) >= 11 is 0. The molecule has 0 aliphatic carbocycles. The van der Waals surface area contributed by atoms with Gasteiger partial charge in [0.2, 0.25) is 28.6 Å². The quantitative estimate of drug-likeness (QED) is 0.605. The Kier molecular flexibility index (Phi) is 7.24. The molecule has 2 aromatic rings. The van der Waals surface area contributed by atoms with E-state index in [-0.39, 0.29) is 24.9 Å². The van der Waals surface area contributed by atoms with E-state index in [9.17, 15) is 18.0 Å². The van der Waals surface area contributed by atoms with Gasteiger partial charge in [0.05, 0.1) is 11.9 Å². The van der Waals surface area contributed by atoms with Gasteiger partial charge in [0.25, 0.3) is 0 Å². The summed E-state index contributed by atoms with van der Waals surface area (Å²) in [5.41, 5.74) is 1.28. The van der Waals surface area contributed by atoms with Crippen LogP contribution in [0, 0.1) is 0 Å². The van der Waals surface area contributed by atoms with Gasteiger partial charge in [0, 0.05) is 19.7 Å². The molecular formula is C22H27N3O6S. The van der Waals surface area contributed by atoms with Crippen molar-refractivity contribution in [2.24, 2.45) is 0 Å². The van der Waals surface area contributed by atoms with Crippen LogP contribution in [0.2, 0.25) is 0 Å². The summed E-state index contributed by atoms with van der Waals surface area (Å²) in [4.78, 5) is 27.0. The van der Waals surface area contributed by atoms with Gasteiger partial charge in [-0.05, 0) is 31.0 Å². The van der Waals surface area contributed by atoms with E-state index in [2.05, 4.69) is 5.32 Å². The van der Waals surface area contributed by atoms with Crippen molar-refractivity contribution in [3.05, 3.63) is 54.1 Å². The normalized spacial score (nSPS) is 13.3. The highest BCUT2D eigenvalue weighted by Crippen LogP contribution is 2.36. The van der Waals surface area contributed by atoms with Crippen molar-refractivity contribution >= 4 is 27.5 Å². The first-order chi connectivity index (χ1) is 15.2. The van der Waals surface area contributed by atoms with Crippen molar-refractivity contribution in [2.45, 2.75) is 19.4 Å². The van der Waals surface area contributed by atoms with Crippen LogP contribution >= 0.6 is 0 Å². The molecule has 1 aliphatic heterocycles. The molecule has 1 aliphatic rings. The van der Waals surface area contributed by atoms with Crippen molar-refractivity contribution in [1.82, 2.24) is 10.2 Å². The van der Waals surface area contributed by atoms with Crippen LogP contribution in [0.3, 0.4) is 0 Å². The fourth-order valence-corrected chi connectivity index (χ4v) is 4.27. The second-order valence-corrected chi connectivity index (χ2v) is 9.33. The molecule has 0 unspecified atom stereocenters. The van der Waals surface area contributed by atoms with Gasteiger partial charge in [-0.3, -0.25) is 13.9 Å². The average Bonchev–Trinajstić information content (AvgIpc) is 3.24. The Hall–Kier alpha value is -3.27. The van der Waals surface area contributed by atoms with Crippen molar-refractivity contribution in [3.8, 4) is 11.5 Å². The number of nitrogens with one attached hydrogen (secondary N) is 1. The first kappa shape index (κ1) is 23.4. The molecular weight excluding hydrogens is 434 g/mol. The topological polar surface area (TPSA) is 105 Å². The fraction of sp³-hybridized carbons (Fsp3) is 0.364. The smallest absolute Gasteiger partial charge is 0.244 e. The molecule has 1 atom stereocenters.